The van der Waals surface area contributed by atoms with E-state index in [0.29, 0.717) is 11.3 Å². The minimum absolute atomic E-state index is 0.0192. The number of aromatic nitrogens is 2. The molecule has 2 N–H and O–H groups in total. The molecule has 1 aromatic carbocycles. The molecule has 0 spiro atoms. The summed E-state index contributed by atoms with van der Waals surface area (Å²) in [5.74, 6) is -0.128. The number of halogens is 1. The van der Waals surface area contributed by atoms with E-state index in [1.807, 2.05) is 0 Å². The first-order valence-electron chi connectivity index (χ1n) is 6.68. The van der Waals surface area contributed by atoms with Gasteiger partial charge in [0.1, 0.15) is 11.6 Å². The molecule has 1 atom stereocenters. The summed E-state index contributed by atoms with van der Waals surface area (Å²) >= 11 is 0. The molecule has 0 aliphatic heterocycles. The number of hydrogen-bond acceptors (Lipinski definition) is 3. The van der Waals surface area contributed by atoms with E-state index < -0.39 is 18.0 Å². The zero-order chi connectivity index (χ0) is 15.1. The largest absolute Gasteiger partial charge is 0.465 e. The average molecular weight is 291 g/mol. The highest BCUT2D eigenvalue weighted by Gasteiger charge is 2.30. The molecule has 1 fully saturated rings. The first-order valence-corrected chi connectivity index (χ1v) is 6.68. The monoisotopic (exact) mass is 291 g/mol. The van der Waals surface area contributed by atoms with Crippen LogP contribution in [0.15, 0.2) is 23.0 Å². The minimum atomic E-state index is -1.18. The third kappa shape index (κ3) is 2.46. The van der Waals surface area contributed by atoms with E-state index in [-0.39, 0.29) is 17.0 Å². The molecule has 1 unspecified atom stereocenters. The fraction of sp³-hybridized carbons (Fsp3) is 0.357. The second kappa shape index (κ2) is 4.83. The molecule has 0 radical (unpaired) electrons. The Morgan fingerprint density at radius 1 is 1.52 bits per heavy atom. The summed E-state index contributed by atoms with van der Waals surface area (Å²) < 4.78 is 14.8. The maximum absolute atomic E-state index is 13.3. The Kier molecular flexibility index (Phi) is 3.12. The van der Waals surface area contributed by atoms with E-state index in [1.54, 1.807) is 6.92 Å². The van der Waals surface area contributed by atoms with Gasteiger partial charge in [-0.2, -0.15) is 0 Å². The number of carbonyl (C=O) groups is 1. The molecule has 0 bridgehead atoms. The molecule has 1 aromatic heterocycles. The van der Waals surface area contributed by atoms with Crippen LogP contribution in [0, 0.1) is 5.82 Å². The number of benzene rings is 1. The Balaban J connectivity index is 2.23. The smallest absolute Gasteiger partial charge is 0.405 e. The van der Waals surface area contributed by atoms with E-state index in [4.69, 9.17) is 5.11 Å². The first-order chi connectivity index (χ1) is 9.97. The lowest BCUT2D eigenvalue weighted by molar-refractivity contribution is 0.190. The van der Waals surface area contributed by atoms with Crippen LogP contribution < -0.4 is 10.9 Å². The van der Waals surface area contributed by atoms with E-state index >= 15 is 0 Å². The Hall–Kier alpha value is -2.44. The molecule has 21 heavy (non-hydrogen) atoms. The molecular weight excluding hydrogens is 277 g/mol. The Morgan fingerprint density at radius 2 is 2.24 bits per heavy atom. The quantitative estimate of drug-likeness (QED) is 0.908. The molecule has 3 rings (SSSR count). The molecule has 1 aliphatic carbocycles. The number of rotatable bonds is 3. The lowest BCUT2D eigenvalue weighted by Gasteiger charge is -2.18. The predicted octanol–water partition coefficient (Wildman–Crippen LogP) is 2.20. The van der Waals surface area contributed by atoms with Gasteiger partial charge in [-0.25, -0.2) is 14.2 Å². The molecule has 110 valence electrons. The van der Waals surface area contributed by atoms with Gasteiger partial charge in [0, 0.05) is 6.04 Å². The summed E-state index contributed by atoms with van der Waals surface area (Å²) in [5.41, 5.74) is 0.0448. The molecule has 2 aromatic rings. The normalized spacial score (nSPS) is 15.9. The molecule has 1 amide bonds. The number of amides is 1. The van der Waals surface area contributed by atoms with Crippen LogP contribution in [-0.2, 0) is 0 Å². The van der Waals surface area contributed by atoms with Gasteiger partial charge in [0.25, 0.3) is 5.56 Å². The average Bonchev–Trinajstić information content (AvgIpc) is 3.22. The van der Waals surface area contributed by atoms with Crippen LogP contribution in [0.4, 0.5) is 9.18 Å². The van der Waals surface area contributed by atoms with Crippen molar-refractivity contribution in [1.82, 2.24) is 14.9 Å². The molecular formula is C14H14FN3O3. The fourth-order valence-corrected chi connectivity index (χ4v) is 2.43. The summed E-state index contributed by atoms with van der Waals surface area (Å²) in [6, 6.07) is 3.23. The van der Waals surface area contributed by atoms with Crippen LogP contribution in [0.1, 0.15) is 37.7 Å². The van der Waals surface area contributed by atoms with E-state index in [2.05, 4.69) is 10.3 Å². The SMILES string of the molecule is CC(NC(=O)O)c1nc2ccc(F)cc2c(=O)n1C1CC1. The van der Waals surface area contributed by atoms with Crippen molar-refractivity contribution in [3.05, 3.63) is 40.2 Å². The van der Waals surface area contributed by atoms with Crippen LogP contribution in [-0.4, -0.2) is 20.8 Å². The topological polar surface area (TPSA) is 84.2 Å². The van der Waals surface area contributed by atoms with Gasteiger partial charge in [-0.05, 0) is 38.0 Å². The summed E-state index contributed by atoms with van der Waals surface area (Å²) in [4.78, 5) is 27.7. The highest BCUT2D eigenvalue weighted by atomic mass is 19.1. The van der Waals surface area contributed by atoms with E-state index in [9.17, 15) is 14.0 Å². The molecule has 1 saturated carbocycles. The van der Waals surface area contributed by atoms with E-state index in [0.717, 1.165) is 12.8 Å². The zero-order valence-electron chi connectivity index (χ0n) is 11.3. The molecule has 6 nitrogen and oxygen atoms in total. The van der Waals surface area contributed by atoms with Crippen molar-refractivity contribution in [3.63, 3.8) is 0 Å². The number of carboxylic acid groups (broad SMARTS) is 1. The number of hydrogen-bond donors (Lipinski definition) is 2. The number of fused-ring (bicyclic) bond motifs is 1. The minimum Gasteiger partial charge on any atom is -0.465 e. The van der Waals surface area contributed by atoms with Crippen molar-refractivity contribution in [2.75, 3.05) is 0 Å². The summed E-state index contributed by atoms with van der Waals surface area (Å²) in [6.45, 7) is 1.63. The van der Waals surface area contributed by atoms with Gasteiger partial charge in [-0.15, -0.1) is 0 Å². The molecule has 1 heterocycles. The third-order valence-corrected chi connectivity index (χ3v) is 3.53. The van der Waals surface area contributed by atoms with E-state index in [1.165, 1.54) is 22.8 Å². The second-order valence-electron chi connectivity index (χ2n) is 5.21. The maximum atomic E-state index is 13.3. The van der Waals surface area contributed by atoms with Crippen molar-refractivity contribution in [3.8, 4) is 0 Å². The summed E-state index contributed by atoms with van der Waals surface area (Å²) in [5, 5.41) is 11.4. The summed E-state index contributed by atoms with van der Waals surface area (Å²) in [7, 11) is 0. The third-order valence-electron chi connectivity index (χ3n) is 3.53. The van der Waals surface area contributed by atoms with Gasteiger partial charge < -0.3 is 10.4 Å². The fourth-order valence-electron chi connectivity index (χ4n) is 2.43. The van der Waals surface area contributed by atoms with Crippen LogP contribution in [0.2, 0.25) is 0 Å². The Labute approximate surface area is 119 Å². The van der Waals surface area contributed by atoms with Crippen molar-refractivity contribution in [1.29, 1.82) is 0 Å². The van der Waals surface area contributed by atoms with Crippen LogP contribution in [0.25, 0.3) is 10.9 Å². The maximum Gasteiger partial charge on any atom is 0.405 e. The van der Waals surface area contributed by atoms with Crippen molar-refractivity contribution >= 4 is 17.0 Å². The van der Waals surface area contributed by atoms with Crippen LogP contribution in [0.5, 0.6) is 0 Å². The van der Waals surface area contributed by atoms with Crippen molar-refractivity contribution in [2.24, 2.45) is 0 Å². The highest BCUT2D eigenvalue weighted by molar-refractivity contribution is 5.77. The standard InChI is InChI=1S/C14H14FN3O3/c1-7(16-14(20)21)12-17-11-5-2-8(15)6-10(11)13(19)18(12)9-3-4-9/h2,5-7,9,16H,3-4H2,1H3,(H,20,21). The number of nitrogens with one attached hydrogen (secondary N) is 1. The van der Waals surface area contributed by atoms with Gasteiger partial charge in [-0.3, -0.25) is 9.36 Å². The highest BCUT2D eigenvalue weighted by Crippen LogP contribution is 2.35. The second-order valence-corrected chi connectivity index (χ2v) is 5.21. The van der Waals surface area contributed by atoms with Crippen LogP contribution >= 0.6 is 0 Å². The van der Waals surface area contributed by atoms with Gasteiger partial charge >= 0.3 is 6.09 Å². The lowest BCUT2D eigenvalue weighted by atomic mass is 10.2. The molecule has 1 aliphatic rings. The van der Waals surface area contributed by atoms with Crippen molar-refractivity contribution < 1.29 is 14.3 Å². The molecule has 0 saturated heterocycles. The Bertz CT molecular complexity index is 783. The Morgan fingerprint density at radius 3 is 2.86 bits per heavy atom. The lowest BCUT2D eigenvalue weighted by Crippen LogP contribution is -2.32. The van der Waals surface area contributed by atoms with Gasteiger partial charge in [0.2, 0.25) is 0 Å². The van der Waals surface area contributed by atoms with Gasteiger partial charge in [0.05, 0.1) is 16.9 Å². The van der Waals surface area contributed by atoms with Crippen LogP contribution in [0.3, 0.4) is 0 Å². The predicted molar refractivity (Wildman–Crippen MR) is 73.8 cm³/mol. The molecule has 7 heteroatoms. The zero-order valence-corrected chi connectivity index (χ0v) is 11.3. The van der Waals surface area contributed by atoms with Crippen molar-refractivity contribution in [2.45, 2.75) is 31.8 Å². The van der Waals surface area contributed by atoms with Gasteiger partial charge in [-0.1, -0.05) is 0 Å². The summed E-state index contributed by atoms with van der Waals surface area (Å²) in [6.07, 6.45) is 0.503. The number of nitrogens with zero attached hydrogens (tertiary/aromatic N) is 2. The first kappa shape index (κ1) is 13.5. The van der Waals surface area contributed by atoms with Gasteiger partial charge in [0.15, 0.2) is 0 Å².